The number of thioether (sulfide) groups is 1. The van der Waals surface area contributed by atoms with Crippen LogP contribution in [0, 0.1) is 0 Å². The van der Waals surface area contributed by atoms with Crippen molar-refractivity contribution in [2.75, 3.05) is 5.75 Å². The van der Waals surface area contributed by atoms with E-state index in [0.717, 1.165) is 18.6 Å². The summed E-state index contributed by atoms with van der Waals surface area (Å²) in [7, 11) is 0. The molecule has 82 valence electrons. The Morgan fingerprint density at radius 1 is 1.40 bits per heavy atom. The highest BCUT2D eigenvalue weighted by Gasteiger charge is 1.95. The normalized spacial score (nSPS) is 11.6. The monoisotopic (exact) mass is 225 g/mol. The topological polar surface area (TPSA) is 71.5 Å². The maximum Gasteiger partial charge on any atom is 0.139 e. The molecule has 0 radical (unpaired) electrons. The molecule has 0 unspecified atom stereocenters. The molecule has 0 saturated carbocycles. The zero-order valence-corrected chi connectivity index (χ0v) is 9.28. The lowest BCUT2D eigenvalue weighted by Gasteiger charge is -2.00. The van der Waals surface area contributed by atoms with Gasteiger partial charge < -0.3 is 10.9 Å². The number of rotatable bonds is 6. The molecular formula is C10H15N3OS. The van der Waals surface area contributed by atoms with Crippen molar-refractivity contribution in [1.29, 1.82) is 0 Å². The van der Waals surface area contributed by atoms with E-state index in [4.69, 9.17) is 10.9 Å². The predicted octanol–water partition coefficient (Wildman–Crippen LogP) is 2.09. The number of pyridine rings is 1. The first-order chi connectivity index (χ1) is 7.33. The van der Waals surface area contributed by atoms with E-state index in [1.165, 1.54) is 4.90 Å². The van der Waals surface area contributed by atoms with Crippen molar-refractivity contribution in [3.8, 4) is 0 Å². The van der Waals surface area contributed by atoms with Gasteiger partial charge in [-0.25, -0.2) is 0 Å². The zero-order chi connectivity index (χ0) is 10.9. The van der Waals surface area contributed by atoms with Crippen LogP contribution in [0.4, 0.5) is 0 Å². The number of hydrogen-bond acceptors (Lipinski definition) is 4. The number of amidine groups is 1. The van der Waals surface area contributed by atoms with Gasteiger partial charge in [-0.15, -0.1) is 11.8 Å². The minimum atomic E-state index is 0.309. The molecule has 4 nitrogen and oxygen atoms in total. The Morgan fingerprint density at radius 3 is 2.80 bits per heavy atom. The maximum absolute atomic E-state index is 8.32. The fourth-order valence-corrected chi connectivity index (χ4v) is 1.98. The van der Waals surface area contributed by atoms with Crippen LogP contribution in [0.2, 0.25) is 0 Å². The summed E-state index contributed by atoms with van der Waals surface area (Å²) in [5.74, 6) is 1.35. The fraction of sp³-hybridized carbons (Fsp3) is 0.400. The number of unbranched alkanes of at least 4 members (excludes halogenated alkanes) is 1. The lowest BCUT2D eigenvalue weighted by molar-refractivity contribution is 0.316. The molecule has 0 aromatic carbocycles. The molecule has 0 aliphatic carbocycles. The standard InChI is InChI=1S/C10H15N3OS/c11-10(13-14)3-1-2-8-15-9-4-6-12-7-5-9/h4-7,14H,1-3,8H2,(H2,11,13). The molecule has 1 aromatic rings. The van der Waals surface area contributed by atoms with Crippen LogP contribution in [0.3, 0.4) is 0 Å². The van der Waals surface area contributed by atoms with Gasteiger partial charge in [-0.05, 0) is 30.7 Å². The molecule has 1 aromatic heterocycles. The van der Waals surface area contributed by atoms with E-state index in [0.29, 0.717) is 12.3 Å². The first-order valence-corrected chi connectivity index (χ1v) is 5.80. The molecule has 0 fully saturated rings. The third kappa shape index (κ3) is 5.27. The summed E-state index contributed by atoms with van der Waals surface area (Å²) in [6.07, 6.45) is 6.25. The maximum atomic E-state index is 8.32. The molecule has 0 spiro atoms. The van der Waals surface area contributed by atoms with Crippen LogP contribution >= 0.6 is 11.8 Å². The van der Waals surface area contributed by atoms with E-state index in [-0.39, 0.29) is 0 Å². The van der Waals surface area contributed by atoms with Crippen molar-refractivity contribution < 1.29 is 5.21 Å². The average Bonchev–Trinajstić information content (AvgIpc) is 2.29. The van der Waals surface area contributed by atoms with Crippen molar-refractivity contribution in [2.45, 2.75) is 24.2 Å². The number of nitrogens with two attached hydrogens (primary N) is 1. The first kappa shape index (κ1) is 11.8. The van der Waals surface area contributed by atoms with E-state index in [9.17, 15) is 0 Å². The Kier molecular flexibility index (Phi) is 5.62. The van der Waals surface area contributed by atoms with Crippen molar-refractivity contribution in [1.82, 2.24) is 4.98 Å². The van der Waals surface area contributed by atoms with E-state index in [1.54, 1.807) is 24.2 Å². The minimum absolute atomic E-state index is 0.309. The van der Waals surface area contributed by atoms with Crippen LogP contribution in [0.1, 0.15) is 19.3 Å². The van der Waals surface area contributed by atoms with Gasteiger partial charge in [0.05, 0.1) is 0 Å². The summed E-state index contributed by atoms with van der Waals surface area (Å²) in [5, 5.41) is 11.2. The van der Waals surface area contributed by atoms with Crippen LogP contribution in [0.25, 0.3) is 0 Å². The number of nitrogens with zero attached hydrogens (tertiary/aromatic N) is 2. The highest BCUT2D eigenvalue weighted by atomic mass is 32.2. The molecule has 15 heavy (non-hydrogen) atoms. The second kappa shape index (κ2) is 7.11. The quantitative estimate of drug-likeness (QED) is 0.194. The van der Waals surface area contributed by atoms with Gasteiger partial charge in [-0.2, -0.15) is 0 Å². The van der Waals surface area contributed by atoms with Gasteiger partial charge in [-0.1, -0.05) is 5.16 Å². The Balaban J connectivity index is 2.08. The molecule has 5 heteroatoms. The minimum Gasteiger partial charge on any atom is -0.409 e. The molecule has 1 rings (SSSR count). The van der Waals surface area contributed by atoms with Crippen LogP contribution in [-0.4, -0.2) is 21.8 Å². The van der Waals surface area contributed by atoms with Crippen LogP contribution in [-0.2, 0) is 0 Å². The molecule has 0 atom stereocenters. The Bertz CT molecular complexity index is 303. The summed E-state index contributed by atoms with van der Waals surface area (Å²) in [4.78, 5) is 5.18. The van der Waals surface area contributed by atoms with Gasteiger partial charge >= 0.3 is 0 Å². The lowest BCUT2D eigenvalue weighted by atomic mass is 10.2. The smallest absolute Gasteiger partial charge is 0.139 e. The van der Waals surface area contributed by atoms with E-state index in [2.05, 4.69) is 10.1 Å². The number of oxime groups is 1. The van der Waals surface area contributed by atoms with Crippen molar-refractivity contribution in [2.24, 2.45) is 10.9 Å². The Morgan fingerprint density at radius 2 is 2.13 bits per heavy atom. The second-order valence-electron chi connectivity index (χ2n) is 3.08. The molecule has 0 amide bonds. The van der Waals surface area contributed by atoms with Crippen LogP contribution in [0.15, 0.2) is 34.6 Å². The molecule has 0 bridgehead atoms. The molecule has 1 heterocycles. The van der Waals surface area contributed by atoms with Gasteiger partial charge in [0.1, 0.15) is 5.84 Å². The van der Waals surface area contributed by atoms with Gasteiger partial charge in [0.25, 0.3) is 0 Å². The average molecular weight is 225 g/mol. The Hall–Kier alpha value is -1.23. The van der Waals surface area contributed by atoms with Gasteiger partial charge in [-0.3, -0.25) is 4.98 Å². The second-order valence-corrected chi connectivity index (χ2v) is 4.25. The number of hydrogen-bond donors (Lipinski definition) is 2. The summed E-state index contributed by atoms with van der Waals surface area (Å²) in [6.45, 7) is 0. The van der Waals surface area contributed by atoms with Gasteiger partial charge in [0.2, 0.25) is 0 Å². The Labute approximate surface area is 93.6 Å². The largest absolute Gasteiger partial charge is 0.409 e. The predicted molar refractivity (Wildman–Crippen MR) is 62.2 cm³/mol. The van der Waals surface area contributed by atoms with Gasteiger partial charge in [0.15, 0.2) is 0 Å². The van der Waals surface area contributed by atoms with Crippen LogP contribution < -0.4 is 5.73 Å². The van der Waals surface area contributed by atoms with Crippen molar-refractivity contribution >= 4 is 17.6 Å². The highest BCUT2D eigenvalue weighted by Crippen LogP contribution is 2.17. The van der Waals surface area contributed by atoms with Crippen molar-refractivity contribution in [3.63, 3.8) is 0 Å². The molecular weight excluding hydrogens is 210 g/mol. The number of aromatic nitrogens is 1. The summed E-state index contributed by atoms with van der Waals surface area (Å²) >= 11 is 1.80. The molecule has 0 aliphatic rings. The van der Waals surface area contributed by atoms with Crippen molar-refractivity contribution in [3.05, 3.63) is 24.5 Å². The SMILES string of the molecule is NC(CCCCSc1ccncc1)=NO. The molecule has 0 saturated heterocycles. The third-order valence-corrected chi connectivity index (χ3v) is 2.97. The summed E-state index contributed by atoms with van der Waals surface area (Å²) in [5.41, 5.74) is 5.35. The first-order valence-electron chi connectivity index (χ1n) is 4.82. The molecule has 3 N–H and O–H groups in total. The van der Waals surface area contributed by atoms with Crippen LogP contribution in [0.5, 0.6) is 0 Å². The van der Waals surface area contributed by atoms with E-state index < -0.39 is 0 Å². The lowest BCUT2D eigenvalue weighted by Crippen LogP contribution is -2.10. The molecule has 0 aliphatic heterocycles. The fourth-order valence-electron chi connectivity index (χ4n) is 1.08. The van der Waals surface area contributed by atoms with Gasteiger partial charge in [0, 0.05) is 23.7 Å². The highest BCUT2D eigenvalue weighted by molar-refractivity contribution is 7.99. The zero-order valence-electron chi connectivity index (χ0n) is 8.47. The summed E-state index contributed by atoms with van der Waals surface area (Å²) < 4.78 is 0. The van der Waals surface area contributed by atoms with E-state index in [1.807, 2.05) is 12.1 Å². The third-order valence-electron chi connectivity index (χ3n) is 1.87. The van der Waals surface area contributed by atoms with E-state index >= 15 is 0 Å². The summed E-state index contributed by atoms with van der Waals surface area (Å²) in [6, 6.07) is 3.99.